The van der Waals surface area contributed by atoms with Crippen LogP contribution in [-0.2, 0) is 0 Å². The minimum absolute atomic E-state index is 0.0218. The zero-order valence-electron chi connectivity index (χ0n) is 114. The van der Waals surface area contributed by atoms with Gasteiger partial charge >= 0.3 is 0 Å². The summed E-state index contributed by atoms with van der Waals surface area (Å²) in [6.07, 6.45) is 9.41. The number of hydrogen-bond donors (Lipinski definition) is 8. The molecule has 20 rings (SSSR count). The molecule has 0 aliphatic rings. The summed E-state index contributed by atoms with van der Waals surface area (Å²) in [5, 5.41) is 10.6. The molecule has 20 aromatic rings. The number of anilines is 4. The first-order valence-corrected chi connectivity index (χ1v) is 43.4. The number of aryl methyl sites for hydroxylation is 8. The maximum absolute atomic E-state index is 13.6. The zero-order valence-corrected chi connectivity index (χ0v) is 77.8. The number of nitrogens with zero attached hydrogens (tertiary/aromatic N) is 18. The molecule has 0 radical (unpaired) electrons. The lowest BCUT2D eigenvalue weighted by Gasteiger charge is -2.11. The van der Waals surface area contributed by atoms with E-state index < -0.39 is 192 Å². The number of nitrogens with one attached hydrogen (secondary N) is 8. The predicted molar refractivity (Wildman–Crippen MR) is 561 cm³/mol. The van der Waals surface area contributed by atoms with Gasteiger partial charge in [-0.1, -0.05) is 24.2 Å². The van der Waals surface area contributed by atoms with E-state index in [9.17, 15) is 19.2 Å². The molecule has 0 fully saturated rings. The number of hydrogen-bond acceptors (Lipinski definition) is 18. The van der Waals surface area contributed by atoms with Crippen LogP contribution in [0.1, 0.15) is 158 Å². The first-order valence-electron chi connectivity index (χ1n) is 61.4. The quantitative estimate of drug-likeness (QED) is 0.0352. The molecule has 0 spiro atoms. The van der Waals surface area contributed by atoms with Gasteiger partial charge in [0.2, 0.25) is 22.5 Å². The third-order valence-corrected chi connectivity index (χ3v) is 20.3. The summed E-state index contributed by atoms with van der Waals surface area (Å²) in [7, 11) is 0. The van der Waals surface area contributed by atoms with Crippen LogP contribution in [0.3, 0.4) is 0 Å². The monoisotopic (exact) mass is 1940 g/mol. The molecule has 144 heavy (non-hydrogen) atoms. The number of rotatable bonds is 20. The summed E-state index contributed by atoms with van der Waals surface area (Å²) in [6, 6.07) is 23.4. The first-order chi connectivity index (χ1) is 84.7. The highest BCUT2D eigenvalue weighted by atomic mass is 16.2. The van der Waals surface area contributed by atoms with Crippen LogP contribution in [0, 0.1) is 82.9 Å². The molecule has 0 bridgehead atoms. The molecule has 8 aromatic carbocycles. The minimum atomic E-state index is -3.03. The number of amides is 4. The lowest BCUT2D eigenvalue weighted by atomic mass is 10.1. The van der Waals surface area contributed by atoms with E-state index in [0.29, 0.717) is 73.1 Å². The van der Waals surface area contributed by atoms with Gasteiger partial charge < -0.3 is 59.5 Å². The largest absolute Gasteiger partial charge is 0.324 e. The molecule has 4 amide bonds. The van der Waals surface area contributed by atoms with Gasteiger partial charge in [-0.25, -0.2) is 49.9 Å². The molecule has 0 aliphatic carbocycles. The van der Waals surface area contributed by atoms with E-state index in [-0.39, 0.29) is 164 Å². The van der Waals surface area contributed by atoms with Crippen molar-refractivity contribution < 1.29 is 68.5 Å². The van der Waals surface area contributed by atoms with Gasteiger partial charge in [-0.05, 0) is 344 Å². The van der Waals surface area contributed by atoms with Crippen LogP contribution in [0.15, 0.2) is 374 Å². The van der Waals surface area contributed by atoms with Crippen LogP contribution < -0.4 is 43.7 Å². The van der Waals surface area contributed by atoms with Crippen LogP contribution in [-0.4, -0.2) is 112 Å². The lowest BCUT2D eigenvalue weighted by molar-refractivity contribution is 0.101. The number of imidazole rings is 2. The molecule has 0 unspecified atom stereocenters. The molecule has 30 heteroatoms. The fourth-order valence-corrected chi connectivity index (χ4v) is 13.6. The highest BCUT2D eigenvalue weighted by molar-refractivity contribution is 6.07. The van der Waals surface area contributed by atoms with Crippen LogP contribution in [0.2, 0.25) is 0 Å². The summed E-state index contributed by atoms with van der Waals surface area (Å²) in [5.74, 6) is -3.64. The molecule has 0 atom stereocenters. The highest BCUT2D eigenvalue weighted by Gasteiger charge is 2.18. The summed E-state index contributed by atoms with van der Waals surface area (Å²) in [5.41, 5.74) is 3.28. The second kappa shape index (κ2) is 44.5. The number of carbonyl (C=O) groups is 4. The smallest absolute Gasteiger partial charge is 0.255 e. The fourth-order valence-electron chi connectivity index (χ4n) is 13.6. The summed E-state index contributed by atoms with van der Waals surface area (Å²) >= 11 is 0. The van der Waals surface area contributed by atoms with Crippen molar-refractivity contribution in [2.75, 3.05) is 21.3 Å². The molecule has 12 aromatic heterocycles. The van der Waals surface area contributed by atoms with Crippen LogP contribution in [0.5, 0.6) is 0 Å². The third kappa shape index (κ3) is 25.2. The van der Waals surface area contributed by atoms with Gasteiger partial charge in [0.25, 0.3) is 23.6 Å². The number of carbonyl (C=O) groups excluding carboxylic acids is 4. The van der Waals surface area contributed by atoms with Crippen molar-refractivity contribution in [3.05, 3.63) is 466 Å². The molecule has 30 nitrogen and oxygen atoms in total. The normalized spacial score (nSPS) is 15.2. The van der Waals surface area contributed by atoms with E-state index in [1.165, 1.54) is 76.7 Å². The van der Waals surface area contributed by atoms with E-state index in [1.54, 1.807) is 139 Å². The molecule has 712 valence electrons. The number of H-pyrrole nitrogens is 4. The van der Waals surface area contributed by atoms with Crippen molar-refractivity contribution in [2.24, 2.45) is 20.0 Å². The van der Waals surface area contributed by atoms with E-state index in [4.69, 9.17) is 49.3 Å². The Bertz CT molecular complexity index is 10300. The zero-order chi connectivity index (χ0) is 131. The maximum atomic E-state index is 13.6. The topological polar surface area (TPSA) is 378 Å². The average Bonchev–Trinajstić information content (AvgIpc) is 0.998. The predicted octanol–water partition coefficient (Wildman–Crippen LogP) is 21.5. The van der Waals surface area contributed by atoms with E-state index >= 15 is 0 Å². The van der Waals surface area contributed by atoms with Crippen LogP contribution in [0.25, 0.3) is 67.8 Å². The van der Waals surface area contributed by atoms with Crippen LogP contribution >= 0.6 is 0 Å². The van der Waals surface area contributed by atoms with Gasteiger partial charge in [0.05, 0.1) is 108 Å². The van der Waals surface area contributed by atoms with Crippen molar-refractivity contribution in [3.8, 4) is 67.8 Å². The van der Waals surface area contributed by atoms with Crippen molar-refractivity contribution >= 4 is 69.1 Å². The number of aromatic nitrogens is 18. The lowest BCUT2D eigenvalue weighted by Crippen LogP contribution is -2.14. The Morgan fingerprint density at radius 1 is 0.333 bits per heavy atom. The van der Waals surface area contributed by atoms with Crippen molar-refractivity contribution in [1.82, 2.24) is 88.0 Å². The summed E-state index contributed by atoms with van der Waals surface area (Å²) < 4.78 is 304. The van der Waals surface area contributed by atoms with Gasteiger partial charge in [0, 0.05) is 210 Å². The van der Waals surface area contributed by atoms with Gasteiger partial charge in [0.15, 0.2) is 0 Å². The number of pyridine rings is 4. The SMILES string of the molecule is [2H]c1nc(=Nc2c([2H])c(C(=O)Nc3cc(C)cc(-n4c([2H])cc(C)c4[2H])c3)c([2H])c([2H])c2C([2H])([2H])[2H])[nH]c(-c2cccnc2)c1[2H].[2H]c1nc(=Nc2c([2H])c(C(=O)Nc3cc(C)cc(-n4c([2H])nc(C)c4[2H])c3)c([2H])c([2H])c2C([2H])([2H])[2H])[nH]c(-c2cccnc2)c1[2H].[2H]c1nc(=Nc2c([2H])c(C(=O)Nc3cc(C)cc(-n4c([2H])nc(C)c4[2H])c3)c([2H])c([2H])c2C)[nH]c(-c2cccnc2)c1[2H].[2H]c1nc(=Nc2c([2H])c(C(=O)Nc3cc(C)cc(-n4ccc(C)c4)c3)c([2H])c([2H])c2C)[nH]c(-c2c([2H])nc([2H])c([2H])c2[2H])c1[2H]. The minimum Gasteiger partial charge on any atom is -0.324 e. The second-order valence-electron chi connectivity index (χ2n) is 31.8. The van der Waals surface area contributed by atoms with E-state index in [2.05, 4.69) is 111 Å². The Labute approximate surface area is 880 Å². The molecule has 0 saturated heterocycles. The van der Waals surface area contributed by atoms with Crippen molar-refractivity contribution in [2.45, 2.75) is 82.9 Å². The number of benzene rings is 8. The Morgan fingerprint density at radius 3 is 1.00 bits per heavy atom. The third-order valence-electron chi connectivity index (χ3n) is 20.3. The molecule has 12 heterocycles. The first kappa shape index (κ1) is 61.1. The maximum Gasteiger partial charge on any atom is 0.255 e. The summed E-state index contributed by atoms with van der Waals surface area (Å²) in [6.45, 7) is 10.9. The van der Waals surface area contributed by atoms with Crippen molar-refractivity contribution in [1.29, 1.82) is 0 Å². The molecule has 8 N–H and O–H groups in total. The Balaban J connectivity index is 0.000000158. The Morgan fingerprint density at radius 2 is 0.681 bits per heavy atom. The molecular weight excluding hydrogens is 1800 g/mol. The highest BCUT2D eigenvalue weighted by Crippen LogP contribution is 2.31. The molecule has 0 aliphatic heterocycles. The van der Waals surface area contributed by atoms with Gasteiger partial charge in [-0.2, -0.15) is 0 Å². The van der Waals surface area contributed by atoms with Gasteiger partial charge in [-0.15, -0.1) is 0 Å². The van der Waals surface area contributed by atoms with E-state index in [0.717, 1.165) is 16.8 Å². The standard InChI is InChI=1S/2C29H26N6O.2C28H25N7O/c2*1-19-9-12-35(18-19)25-14-20(2)13-24(16-25)32-28(36)22-7-6-21(3)27(15-22)34-29-31-11-8-26(33-29)23-5-4-10-30-17-23;2*1-18-11-23(14-24(12-18)35-16-20(3)31-17-35)32-27(36)21-7-6-19(2)26(13-21)34-28-30-10-8-25(33-28)22-5-4-9-29-15-22/h2*4-18H,1-3H3,(H,32,36)(H,31,33,34);2*4-17H,1-3H3,(H,32,36)(H,30,33,34)/i4D,5D,6D,7D,8D,10D,11D,15D,17D;3D3,6D,7D,8D,11D,12D,15D,18D;2D3,6D,7D,8D,10D,13D,16D,17D;6D,7D,8D,10D,13D,16D,17D. The van der Waals surface area contributed by atoms with Gasteiger partial charge in [-0.3, -0.25) is 39.1 Å². The Hall–Kier alpha value is -19.3. The number of aromatic amines is 4. The fraction of sp³-hybridized carbons (Fsp3) is 0.105. The average molecular weight is 1940 g/mol. The molecular formula is C114H102N26O4. The molecule has 0 saturated carbocycles. The Kier molecular flexibility index (Phi) is 18.9. The van der Waals surface area contributed by atoms with Gasteiger partial charge in [0.1, 0.15) is 2.74 Å². The van der Waals surface area contributed by atoms with Crippen LogP contribution in [0.4, 0.5) is 45.5 Å². The summed E-state index contributed by atoms with van der Waals surface area (Å²) in [4.78, 5) is 122. The van der Waals surface area contributed by atoms with E-state index in [1.807, 2.05) is 42.9 Å². The second-order valence-corrected chi connectivity index (χ2v) is 31.8. The van der Waals surface area contributed by atoms with Crippen molar-refractivity contribution in [3.63, 3.8) is 0 Å².